The number of carbonyl (C=O) groups is 2. The van der Waals surface area contributed by atoms with Crippen LogP contribution in [0.1, 0.15) is 15.9 Å². The maximum Gasteiger partial charge on any atom is 0.331 e. The van der Waals surface area contributed by atoms with Crippen LogP contribution >= 0.6 is 0 Å². The van der Waals surface area contributed by atoms with Crippen molar-refractivity contribution in [3.8, 4) is 5.75 Å². The molecule has 0 bridgehead atoms. The van der Waals surface area contributed by atoms with E-state index in [1.165, 1.54) is 21.8 Å². The molecule has 2 heterocycles. The highest BCUT2D eigenvalue weighted by Crippen LogP contribution is 2.17. The standard InChI is InChI=1S/C22H19N5O4/c1-14-4-3-5-18-20(14)23-13-27(22(18)30)12-19(28)31-17-8-6-16(7-9-17)25-21(29)15-10-24-26(2)11-15/h3-11,13H,12H2,1-2H3,(H,25,29). The monoisotopic (exact) mass is 417 g/mol. The van der Waals surface area contributed by atoms with E-state index in [0.717, 1.165) is 5.56 Å². The van der Waals surface area contributed by atoms with Crippen LogP contribution < -0.4 is 15.6 Å². The second-order valence-electron chi connectivity index (χ2n) is 7.00. The minimum absolute atomic E-state index is 0.269. The molecule has 0 spiro atoms. The molecule has 0 unspecified atom stereocenters. The van der Waals surface area contributed by atoms with E-state index in [-0.39, 0.29) is 18.0 Å². The van der Waals surface area contributed by atoms with Gasteiger partial charge in [-0.25, -0.2) is 9.78 Å². The molecule has 4 aromatic rings. The highest BCUT2D eigenvalue weighted by Gasteiger charge is 2.12. The molecule has 31 heavy (non-hydrogen) atoms. The van der Waals surface area contributed by atoms with Crippen LogP contribution in [-0.2, 0) is 18.4 Å². The van der Waals surface area contributed by atoms with Gasteiger partial charge in [-0.3, -0.25) is 18.8 Å². The van der Waals surface area contributed by atoms with Gasteiger partial charge in [0.2, 0.25) is 0 Å². The zero-order valence-electron chi connectivity index (χ0n) is 16.9. The van der Waals surface area contributed by atoms with Crippen LogP contribution in [0.15, 0.2) is 66.0 Å². The number of carbonyl (C=O) groups excluding carboxylic acids is 2. The summed E-state index contributed by atoms with van der Waals surface area (Å²) in [6, 6.07) is 11.7. The van der Waals surface area contributed by atoms with Crippen LogP contribution in [0, 0.1) is 6.92 Å². The topological polar surface area (TPSA) is 108 Å². The Balaban J connectivity index is 1.41. The lowest BCUT2D eigenvalue weighted by atomic mass is 10.1. The second kappa shape index (κ2) is 8.23. The third-order valence-corrected chi connectivity index (χ3v) is 4.67. The minimum Gasteiger partial charge on any atom is -0.425 e. The zero-order chi connectivity index (χ0) is 22.0. The van der Waals surface area contributed by atoms with Gasteiger partial charge in [0.1, 0.15) is 12.3 Å². The number of aryl methyl sites for hydroxylation is 2. The number of esters is 1. The second-order valence-corrected chi connectivity index (χ2v) is 7.00. The van der Waals surface area contributed by atoms with Crippen molar-refractivity contribution in [1.82, 2.24) is 19.3 Å². The maximum absolute atomic E-state index is 12.6. The molecule has 0 atom stereocenters. The molecule has 4 rings (SSSR count). The summed E-state index contributed by atoms with van der Waals surface area (Å²) in [6.45, 7) is 1.60. The van der Waals surface area contributed by atoms with E-state index in [4.69, 9.17) is 4.74 Å². The Hall–Kier alpha value is -4.27. The molecule has 0 fully saturated rings. The van der Waals surface area contributed by atoms with Crippen molar-refractivity contribution < 1.29 is 14.3 Å². The first-order valence-electron chi connectivity index (χ1n) is 9.46. The molecule has 1 amide bonds. The zero-order valence-corrected chi connectivity index (χ0v) is 16.9. The van der Waals surface area contributed by atoms with Crippen molar-refractivity contribution >= 4 is 28.5 Å². The molecule has 0 aliphatic heterocycles. The quantitative estimate of drug-likeness (QED) is 0.394. The summed E-state index contributed by atoms with van der Waals surface area (Å²) in [5.74, 6) is -0.610. The molecule has 2 aromatic carbocycles. The number of rotatable bonds is 5. The van der Waals surface area contributed by atoms with Gasteiger partial charge in [-0.05, 0) is 42.8 Å². The first kappa shape index (κ1) is 20.0. The van der Waals surface area contributed by atoms with Gasteiger partial charge in [0.15, 0.2) is 0 Å². The number of anilines is 1. The number of aromatic nitrogens is 4. The van der Waals surface area contributed by atoms with Crippen molar-refractivity contribution in [1.29, 1.82) is 0 Å². The summed E-state index contributed by atoms with van der Waals surface area (Å²) in [5.41, 5.74) is 2.17. The smallest absolute Gasteiger partial charge is 0.331 e. The fourth-order valence-electron chi connectivity index (χ4n) is 3.10. The number of amides is 1. The predicted octanol–water partition coefficient (Wildman–Crippen LogP) is 2.30. The average Bonchev–Trinajstić information content (AvgIpc) is 3.18. The Kier molecular flexibility index (Phi) is 5.31. The SMILES string of the molecule is Cc1cccc2c(=O)n(CC(=O)Oc3ccc(NC(=O)c4cnn(C)c4)cc3)cnc12. The molecular weight excluding hydrogens is 398 g/mol. The lowest BCUT2D eigenvalue weighted by molar-refractivity contribution is -0.135. The third-order valence-electron chi connectivity index (χ3n) is 4.67. The molecule has 9 nitrogen and oxygen atoms in total. The van der Waals surface area contributed by atoms with Crippen LogP contribution in [0.2, 0.25) is 0 Å². The van der Waals surface area contributed by atoms with Gasteiger partial charge in [-0.15, -0.1) is 0 Å². The molecule has 0 radical (unpaired) electrons. The van der Waals surface area contributed by atoms with Gasteiger partial charge in [-0.1, -0.05) is 12.1 Å². The summed E-state index contributed by atoms with van der Waals surface area (Å²) in [5, 5.41) is 7.14. The van der Waals surface area contributed by atoms with Crippen molar-refractivity contribution in [2.75, 3.05) is 5.32 Å². The third kappa shape index (κ3) is 4.35. The van der Waals surface area contributed by atoms with E-state index in [2.05, 4.69) is 15.4 Å². The van der Waals surface area contributed by atoms with Crippen molar-refractivity contribution in [2.45, 2.75) is 13.5 Å². The number of hydrogen-bond acceptors (Lipinski definition) is 6. The number of fused-ring (bicyclic) bond motifs is 1. The van der Waals surface area contributed by atoms with Crippen molar-refractivity contribution in [3.63, 3.8) is 0 Å². The van der Waals surface area contributed by atoms with E-state index >= 15 is 0 Å². The predicted molar refractivity (Wildman–Crippen MR) is 114 cm³/mol. The van der Waals surface area contributed by atoms with Crippen molar-refractivity contribution in [2.24, 2.45) is 7.05 Å². The number of nitrogens with zero attached hydrogens (tertiary/aromatic N) is 4. The summed E-state index contributed by atoms with van der Waals surface area (Å²) < 4.78 is 8.06. The minimum atomic E-state index is -0.608. The number of ether oxygens (including phenoxy) is 1. The fourth-order valence-corrected chi connectivity index (χ4v) is 3.10. The molecule has 9 heteroatoms. The Morgan fingerprint density at radius 3 is 2.61 bits per heavy atom. The summed E-state index contributed by atoms with van der Waals surface area (Å²) in [4.78, 5) is 41.3. The highest BCUT2D eigenvalue weighted by molar-refractivity contribution is 6.03. The van der Waals surface area contributed by atoms with E-state index < -0.39 is 5.97 Å². The molecule has 0 saturated heterocycles. The van der Waals surface area contributed by atoms with E-state index in [9.17, 15) is 14.4 Å². The first-order valence-corrected chi connectivity index (χ1v) is 9.46. The average molecular weight is 417 g/mol. The van der Waals surface area contributed by atoms with Crippen LogP contribution in [0.3, 0.4) is 0 Å². The van der Waals surface area contributed by atoms with Gasteiger partial charge in [0, 0.05) is 18.9 Å². The Morgan fingerprint density at radius 2 is 1.90 bits per heavy atom. The van der Waals surface area contributed by atoms with Gasteiger partial charge >= 0.3 is 5.97 Å². The van der Waals surface area contributed by atoms with Crippen LogP contribution in [-0.4, -0.2) is 31.2 Å². The van der Waals surface area contributed by atoms with Gasteiger partial charge in [-0.2, -0.15) is 5.10 Å². The number of nitrogens with one attached hydrogen (secondary N) is 1. The molecule has 0 saturated carbocycles. The molecule has 156 valence electrons. The summed E-state index contributed by atoms with van der Waals surface area (Å²) >= 11 is 0. The molecule has 0 aliphatic carbocycles. The van der Waals surface area contributed by atoms with Gasteiger partial charge in [0.25, 0.3) is 11.5 Å². The fraction of sp³-hybridized carbons (Fsp3) is 0.136. The Labute approximate surface area is 176 Å². The lowest BCUT2D eigenvalue weighted by Gasteiger charge is -2.09. The highest BCUT2D eigenvalue weighted by atomic mass is 16.5. The Bertz CT molecular complexity index is 1340. The number of hydrogen-bond donors (Lipinski definition) is 1. The number of benzene rings is 2. The lowest BCUT2D eigenvalue weighted by Crippen LogP contribution is -2.27. The molecule has 0 aliphatic rings. The van der Waals surface area contributed by atoms with Crippen LogP contribution in [0.4, 0.5) is 5.69 Å². The normalized spacial score (nSPS) is 10.8. The Morgan fingerprint density at radius 1 is 1.13 bits per heavy atom. The van der Waals surface area contributed by atoms with Crippen LogP contribution in [0.5, 0.6) is 5.75 Å². The van der Waals surface area contributed by atoms with Crippen LogP contribution in [0.25, 0.3) is 10.9 Å². The number of para-hydroxylation sites is 1. The molecular formula is C22H19N5O4. The summed E-state index contributed by atoms with van der Waals surface area (Å²) in [7, 11) is 1.73. The summed E-state index contributed by atoms with van der Waals surface area (Å²) in [6.07, 6.45) is 4.42. The van der Waals surface area contributed by atoms with E-state index in [1.54, 1.807) is 49.6 Å². The van der Waals surface area contributed by atoms with E-state index in [0.29, 0.717) is 27.9 Å². The largest absolute Gasteiger partial charge is 0.425 e. The first-order chi connectivity index (χ1) is 14.9. The van der Waals surface area contributed by atoms with Gasteiger partial charge in [0.05, 0.1) is 29.0 Å². The molecule has 1 N–H and O–H groups in total. The molecule has 2 aromatic heterocycles. The van der Waals surface area contributed by atoms with E-state index in [1.807, 2.05) is 13.0 Å². The van der Waals surface area contributed by atoms with Gasteiger partial charge < -0.3 is 10.1 Å². The maximum atomic E-state index is 12.6. The van der Waals surface area contributed by atoms with Crippen molar-refractivity contribution in [3.05, 3.63) is 82.7 Å².